The van der Waals surface area contributed by atoms with Gasteiger partial charge in [0.1, 0.15) is 6.54 Å². The Morgan fingerprint density at radius 1 is 1.12 bits per heavy atom. The van der Waals surface area contributed by atoms with Crippen LogP contribution in [0.4, 0.5) is 5.69 Å². The molecule has 0 atom stereocenters. The van der Waals surface area contributed by atoms with Crippen LogP contribution >= 0.6 is 0 Å². The number of fused-ring (bicyclic) bond motifs is 1. The first-order valence-corrected chi connectivity index (χ1v) is 7.61. The van der Waals surface area contributed by atoms with Gasteiger partial charge in [0, 0.05) is 17.4 Å². The summed E-state index contributed by atoms with van der Waals surface area (Å²) in [6, 6.07) is 14.8. The van der Waals surface area contributed by atoms with Crippen molar-refractivity contribution >= 4 is 28.5 Å². The Kier molecular flexibility index (Phi) is 4.33. The third kappa shape index (κ3) is 3.15. The quantitative estimate of drug-likeness (QED) is 0.749. The molecular weight excluding hydrogens is 304 g/mol. The molecule has 3 rings (SSSR count). The molecule has 0 bridgehead atoms. The number of carbonyl (C=O) groups is 2. The van der Waals surface area contributed by atoms with Crippen LogP contribution in [0.25, 0.3) is 10.9 Å². The number of para-hydroxylation sites is 1. The van der Waals surface area contributed by atoms with E-state index in [9.17, 15) is 9.59 Å². The molecule has 0 aliphatic carbocycles. The van der Waals surface area contributed by atoms with Gasteiger partial charge in [-0.2, -0.15) is 0 Å². The summed E-state index contributed by atoms with van der Waals surface area (Å²) in [6.45, 7) is 2.12. The molecule has 5 heteroatoms. The molecule has 1 amide bonds. The monoisotopic (exact) mass is 322 g/mol. The Bertz CT molecular complexity index is 912. The van der Waals surface area contributed by atoms with Gasteiger partial charge in [-0.15, -0.1) is 0 Å². The highest BCUT2D eigenvalue weighted by Gasteiger charge is 2.11. The Hall–Kier alpha value is -3.08. The smallest absolute Gasteiger partial charge is 0.337 e. The highest BCUT2D eigenvalue weighted by Crippen LogP contribution is 2.19. The molecule has 1 N–H and O–H groups in total. The summed E-state index contributed by atoms with van der Waals surface area (Å²) in [6.07, 6.45) is 1.84. The standard InChI is InChI=1S/C19H18N2O3/c1-13-5-3-4-6-16(13)20-18(22)12-21-10-9-14-7-8-15(11-17(14)21)19(23)24-2/h3-11H,12H2,1-2H3,(H,20,22). The zero-order valence-electron chi connectivity index (χ0n) is 13.6. The lowest BCUT2D eigenvalue weighted by molar-refractivity contribution is -0.116. The van der Waals surface area contributed by atoms with Gasteiger partial charge in [0.2, 0.25) is 5.91 Å². The number of benzene rings is 2. The van der Waals surface area contributed by atoms with Gasteiger partial charge in [0.05, 0.1) is 12.7 Å². The minimum atomic E-state index is -0.394. The third-order valence-electron chi connectivity index (χ3n) is 3.93. The highest BCUT2D eigenvalue weighted by atomic mass is 16.5. The number of rotatable bonds is 4. The number of anilines is 1. The molecule has 5 nitrogen and oxygen atoms in total. The third-order valence-corrected chi connectivity index (χ3v) is 3.93. The fraction of sp³-hybridized carbons (Fsp3) is 0.158. The Morgan fingerprint density at radius 2 is 1.92 bits per heavy atom. The Labute approximate surface area is 139 Å². The number of carbonyl (C=O) groups excluding carboxylic acids is 2. The van der Waals surface area contributed by atoms with Crippen molar-refractivity contribution in [3.8, 4) is 0 Å². The molecule has 2 aromatic carbocycles. The molecule has 0 spiro atoms. The van der Waals surface area contributed by atoms with E-state index in [-0.39, 0.29) is 12.5 Å². The first-order chi connectivity index (χ1) is 11.6. The summed E-state index contributed by atoms with van der Waals surface area (Å²) < 4.78 is 6.56. The second kappa shape index (κ2) is 6.58. The van der Waals surface area contributed by atoms with Crippen LogP contribution in [0.1, 0.15) is 15.9 Å². The van der Waals surface area contributed by atoms with Gasteiger partial charge in [0.15, 0.2) is 0 Å². The van der Waals surface area contributed by atoms with E-state index in [2.05, 4.69) is 5.32 Å². The van der Waals surface area contributed by atoms with Crippen LogP contribution in [-0.2, 0) is 16.1 Å². The number of aromatic nitrogens is 1. The molecular formula is C19H18N2O3. The van der Waals surface area contributed by atoms with Gasteiger partial charge in [0.25, 0.3) is 0 Å². The molecule has 0 unspecified atom stereocenters. The van der Waals surface area contributed by atoms with Crippen molar-refractivity contribution in [2.75, 3.05) is 12.4 Å². The van der Waals surface area contributed by atoms with Gasteiger partial charge >= 0.3 is 5.97 Å². The molecule has 1 aromatic heterocycles. The van der Waals surface area contributed by atoms with Crippen LogP contribution in [0.5, 0.6) is 0 Å². The van der Waals surface area contributed by atoms with E-state index >= 15 is 0 Å². The summed E-state index contributed by atoms with van der Waals surface area (Å²) >= 11 is 0. The fourth-order valence-corrected chi connectivity index (χ4v) is 2.62. The maximum atomic E-state index is 12.3. The van der Waals surface area contributed by atoms with E-state index in [1.807, 2.05) is 54.1 Å². The molecule has 0 aliphatic rings. The Balaban J connectivity index is 1.83. The van der Waals surface area contributed by atoms with Gasteiger partial charge < -0.3 is 14.6 Å². The number of aryl methyl sites for hydroxylation is 1. The van der Waals surface area contributed by atoms with E-state index < -0.39 is 5.97 Å². The molecule has 0 aliphatic heterocycles. The van der Waals surface area contributed by atoms with Crippen LogP contribution in [0, 0.1) is 6.92 Å². The van der Waals surface area contributed by atoms with Gasteiger partial charge in [-0.1, -0.05) is 24.3 Å². The van der Waals surface area contributed by atoms with Gasteiger partial charge in [-0.25, -0.2) is 4.79 Å². The van der Waals surface area contributed by atoms with Crippen molar-refractivity contribution < 1.29 is 14.3 Å². The van der Waals surface area contributed by atoms with E-state index in [4.69, 9.17) is 4.74 Å². The van der Waals surface area contributed by atoms with E-state index in [1.165, 1.54) is 7.11 Å². The molecule has 122 valence electrons. The lowest BCUT2D eigenvalue weighted by atomic mass is 10.1. The molecule has 1 heterocycles. The summed E-state index contributed by atoms with van der Waals surface area (Å²) in [7, 11) is 1.35. The first-order valence-electron chi connectivity index (χ1n) is 7.61. The average molecular weight is 322 g/mol. The van der Waals surface area contributed by atoms with E-state index in [0.717, 1.165) is 22.2 Å². The van der Waals surface area contributed by atoms with Crippen LogP contribution in [0.15, 0.2) is 54.7 Å². The van der Waals surface area contributed by atoms with E-state index in [0.29, 0.717) is 5.56 Å². The average Bonchev–Trinajstić information content (AvgIpc) is 2.98. The molecule has 3 aromatic rings. The number of nitrogens with one attached hydrogen (secondary N) is 1. The number of nitrogens with zero attached hydrogens (tertiary/aromatic N) is 1. The summed E-state index contributed by atoms with van der Waals surface area (Å²) in [5, 5.41) is 3.87. The van der Waals surface area contributed by atoms with Crippen LogP contribution in [-0.4, -0.2) is 23.6 Å². The minimum Gasteiger partial charge on any atom is -0.465 e. The number of ether oxygens (including phenoxy) is 1. The van der Waals surface area contributed by atoms with Gasteiger partial charge in [-0.05, 0) is 42.1 Å². The molecule has 0 saturated heterocycles. The lowest BCUT2D eigenvalue weighted by Crippen LogP contribution is -2.18. The Morgan fingerprint density at radius 3 is 2.67 bits per heavy atom. The molecule has 24 heavy (non-hydrogen) atoms. The number of esters is 1. The maximum Gasteiger partial charge on any atom is 0.337 e. The normalized spacial score (nSPS) is 10.6. The number of hydrogen-bond acceptors (Lipinski definition) is 3. The zero-order valence-corrected chi connectivity index (χ0v) is 13.6. The van der Waals surface area contributed by atoms with Crippen molar-refractivity contribution in [2.45, 2.75) is 13.5 Å². The highest BCUT2D eigenvalue weighted by molar-refractivity contribution is 5.96. The van der Waals surface area contributed by atoms with Crippen LogP contribution in [0.2, 0.25) is 0 Å². The second-order valence-electron chi connectivity index (χ2n) is 5.57. The van der Waals surface area contributed by atoms with Crippen molar-refractivity contribution in [2.24, 2.45) is 0 Å². The topological polar surface area (TPSA) is 60.3 Å². The number of hydrogen-bond donors (Lipinski definition) is 1. The van der Waals surface area contributed by atoms with Crippen LogP contribution in [0.3, 0.4) is 0 Å². The first kappa shape index (κ1) is 15.8. The molecule has 0 radical (unpaired) electrons. The molecule has 0 fully saturated rings. The van der Waals surface area contributed by atoms with Crippen molar-refractivity contribution in [1.82, 2.24) is 4.57 Å². The van der Waals surface area contributed by atoms with Crippen LogP contribution < -0.4 is 5.32 Å². The SMILES string of the molecule is COC(=O)c1ccc2ccn(CC(=O)Nc3ccccc3C)c2c1. The number of methoxy groups -OCH3 is 1. The van der Waals surface area contributed by atoms with Gasteiger partial charge in [-0.3, -0.25) is 4.79 Å². The minimum absolute atomic E-state index is 0.120. The van der Waals surface area contributed by atoms with E-state index in [1.54, 1.807) is 12.1 Å². The maximum absolute atomic E-state index is 12.3. The number of amides is 1. The largest absolute Gasteiger partial charge is 0.465 e. The van der Waals surface area contributed by atoms with Crippen molar-refractivity contribution in [3.05, 3.63) is 65.9 Å². The zero-order chi connectivity index (χ0) is 17.1. The second-order valence-corrected chi connectivity index (χ2v) is 5.57. The predicted octanol–water partition coefficient (Wildman–Crippen LogP) is 3.38. The lowest BCUT2D eigenvalue weighted by Gasteiger charge is -2.10. The fourth-order valence-electron chi connectivity index (χ4n) is 2.62. The predicted molar refractivity (Wildman–Crippen MR) is 93.1 cm³/mol. The van der Waals surface area contributed by atoms with Crippen molar-refractivity contribution in [1.29, 1.82) is 0 Å². The summed E-state index contributed by atoms with van der Waals surface area (Å²) in [5.74, 6) is -0.515. The molecule has 0 saturated carbocycles. The summed E-state index contributed by atoms with van der Waals surface area (Å²) in [4.78, 5) is 24.0. The summed E-state index contributed by atoms with van der Waals surface area (Å²) in [5.41, 5.74) is 3.09. The van der Waals surface area contributed by atoms with Crippen molar-refractivity contribution in [3.63, 3.8) is 0 Å².